The molecule has 0 saturated heterocycles. The van der Waals surface area contributed by atoms with E-state index >= 15 is 0 Å². The zero-order chi connectivity index (χ0) is 18.4. The maximum absolute atomic E-state index is 13.1. The number of nitrogens with zero attached hydrogens (tertiary/aromatic N) is 1. The Bertz CT molecular complexity index is 826. The number of fused-ring (bicyclic) bond motifs is 1. The van der Waals surface area contributed by atoms with Crippen LogP contribution in [0.4, 0.5) is 0 Å². The van der Waals surface area contributed by atoms with Crippen LogP contribution >= 0.6 is 0 Å². The van der Waals surface area contributed by atoms with Gasteiger partial charge < -0.3 is 4.74 Å². The molecule has 1 atom stereocenters. The number of unbranched alkanes of at least 4 members (excludes halogenated alkanes) is 1. The lowest BCUT2D eigenvalue weighted by molar-refractivity contribution is -0.129. The minimum Gasteiger partial charge on any atom is -0.465 e. The second-order valence-corrected chi connectivity index (χ2v) is 6.03. The summed E-state index contributed by atoms with van der Waals surface area (Å²) in [4.78, 5) is 25.7. The fourth-order valence-corrected chi connectivity index (χ4v) is 3.24. The molecule has 4 heteroatoms. The Morgan fingerprint density at radius 3 is 2.38 bits per heavy atom. The molecular weight excluding hydrogens is 326 g/mol. The maximum Gasteiger partial charge on any atom is 0.293 e. The van der Waals surface area contributed by atoms with Gasteiger partial charge in [0.25, 0.3) is 12.4 Å². The molecule has 132 valence electrons. The van der Waals surface area contributed by atoms with Gasteiger partial charge in [0.15, 0.2) is 0 Å². The van der Waals surface area contributed by atoms with Crippen molar-refractivity contribution in [3.8, 4) is 0 Å². The van der Waals surface area contributed by atoms with Crippen LogP contribution in [0.1, 0.15) is 40.4 Å². The zero-order valence-corrected chi connectivity index (χ0v) is 14.5. The van der Waals surface area contributed by atoms with Gasteiger partial charge in [0.2, 0.25) is 0 Å². The SMILES string of the molecule is C=CCCC=C1c2ccccc2C(=O)N1C(COC=O)c1ccccc1. The van der Waals surface area contributed by atoms with E-state index in [4.69, 9.17) is 4.74 Å². The number of rotatable bonds is 8. The van der Waals surface area contributed by atoms with Crippen molar-refractivity contribution < 1.29 is 14.3 Å². The second-order valence-electron chi connectivity index (χ2n) is 6.03. The summed E-state index contributed by atoms with van der Waals surface area (Å²) in [6, 6.07) is 16.8. The largest absolute Gasteiger partial charge is 0.465 e. The zero-order valence-electron chi connectivity index (χ0n) is 14.5. The lowest BCUT2D eigenvalue weighted by Crippen LogP contribution is -2.31. The van der Waals surface area contributed by atoms with Crippen LogP contribution in [0.15, 0.2) is 73.3 Å². The Labute approximate surface area is 153 Å². The molecule has 0 fully saturated rings. The highest BCUT2D eigenvalue weighted by atomic mass is 16.5. The monoisotopic (exact) mass is 347 g/mol. The van der Waals surface area contributed by atoms with Crippen LogP contribution in [0.2, 0.25) is 0 Å². The molecule has 1 unspecified atom stereocenters. The standard InChI is InChI=1S/C22H21NO3/c1-2-3-5-14-20-18-12-8-9-13-19(18)22(25)23(20)21(15-26-16-24)17-10-6-4-7-11-17/h2,4,6-14,16,21H,1,3,5,15H2. The van der Waals surface area contributed by atoms with Crippen LogP contribution in [0.25, 0.3) is 5.70 Å². The molecule has 1 aliphatic rings. The van der Waals surface area contributed by atoms with Crippen molar-refractivity contribution in [1.29, 1.82) is 0 Å². The van der Waals surface area contributed by atoms with Crippen molar-refractivity contribution in [3.05, 3.63) is 90.0 Å². The normalized spacial score (nSPS) is 15.6. The molecule has 0 aliphatic carbocycles. The molecule has 1 heterocycles. The highest BCUT2D eigenvalue weighted by Gasteiger charge is 2.37. The molecule has 3 rings (SSSR count). The van der Waals surface area contributed by atoms with Gasteiger partial charge in [0.05, 0.1) is 6.04 Å². The first-order chi connectivity index (χ1) is 12.8. The van der Waals surface area contributed by atoms with E-state index in [0.717, 1.165) is 29.7 Å². The number of allylic oxidation sites excluding steroid dienone is 2. The van der Waals surface area contributed by atoms with E-state index in [1.807, 2.05) is 60.7 Å². The van der Waals surface area contributed by atoms with Gasteiger partial charge in [0.1, 0.15) is 6.61 Å². The third-order valence-corrected chi connectivity index (χ3v) is 4.44. The van der Waals surface area contributed by atoms with E-state index < -0.39 is 0 Å². The Hall–Kier alpha value is -3.14. The molecular formula is C22H21NO3. The first-order valence-electron chi connectivity index (χ1n) is 8.62. The topological polar surface area (TPSA) is 46.6 Å². The molecule has 0 N–H and O–H groups in total. The number of carbonyl (C=O) groups is 2. The Kier molecular flexibility index (Phi) is 5.64. The quantitative estimate of drug-likeness (QED) is 0.405. The van der Waals surface area contributed by atoms with Gasteiger partial charge in [-0.1, -0.05) is 60.7 Å². The first-order valence-corrected chi connectivity index (χ1v) is 8.62. The lowest BCUT2D eigenvalue weighted by atomic mass is 10.0. The van der Waals surface area contributed by atoms with E-state index in [0.29, 0.717) is 12.0 Å². The van der Waals surface area contributed by atoms with Crippen molar-refractivity contribution in [2.24, 2.45) is 0 Å². The van der Waals surface area contributed by atoms with Crippen molar-refractivity contribution in [1.82, 2.24) is 4.90 Å². The van der Waals surface area contributed by atoms with E-state index in [-0.39, 0.29) is 18.6 Å². The minimum absolute atomic E-state index is 0.0752. The van der Waals surface area contributed by atoms with Crippen LogP contribution in [0.5, 0.6) is 0 Å². The number of hydrogen-bond acceptors (Lipinski definition) is 3. The fraction of sp³-hybridized carbons (Fsp3) is 0.182. The predicted octanol–water partition coefficient (Wildman–Crippen LogP) is 4.36. The van der Waals surface area contributed by atoms with Crippen molar-refractivity contribution >= 4 is 18.1 Å². The van der Waals surface area contributed by atoms with Crippen molar-refractivity contribution in [2.75, 3.05) is 6.61 Å². The number of carbonyl (C=O) groups excluding carboxylic acids is 2. The Morgan fingerprint density at radius 1 is 1.00 bits per heavy atom. The summed E-state index contributed by atoms with van der Waals surface area (Å²) in [5, 5.41) is 0. The highest BCUT2D eigenvalue weighted by Crippen LogP contribution is 2.39. The van der Waals surface area contributed by atoms with Crippen molar-refractivity contribution in [2.45, 2.75) is 18.9 Å². The van der Waals surface area contributed by atoms with Crippen LogP contribution in [-0.2, 0) is 9.53 Å². The third-order valence-electron chi connectivity index (χ3n) is 4.44. The maximum atomic E-state index is 13.1. The molecule has 0 radical (unpaired) electrons. The molecule has 2 aromatic rings. The van der Waals surface area contributed by atoms with Gasteiger partial charge in [0, 0.05) is 16.8 Å². The summed E-state index contributed by atoms with van der Waals surface area (Å²) < 4.78 is 5.07. The van der Waals surface area contributed by atoms with E-state index in [2.05, 4.69) is 12.7 Å². The molecule has 0 saturated carbocycles. The average molecular weight is 347 g/mol. The van der Waals surface area contributed by atoms with Crippen molar-refractivity contribution in [3.63, 3.8) is 0 Å². The molecule has 0 aromatic heterocycles. The van der Waals surface area contributed by atoms with Crippen LogP contribution in [-0.4, -0.2) is 23.9 Å². The summed E-state index contributed by atoms with van der Waals surface area (Å²) in [6.07, 6.45) is 5.53. The summed E-state index contributed by atoms with van der Waals surface area (Å²) in [5.74, 6) is -0.0752. The summed E-state index contributed by atoms with van der Waals surface area (Å²) >= 11 is 0. The number of benzene rings is 2. The summed E-state index contributed by atoms with van der Waals surface area (Å²) in [6.45, 7) is 4.28. The third kappa shape index (κ3) is 3.45. The Morgan fingerprint density at radius 2 is 1.69 bits per heavy atom. The van der Waals surface area contributed by atoms with Crippen LogP contribution < -0.4 is 0 Å². The smallest absolute Gasteiger partial charge is 0.293 e. The first kappa shape index (κ1) is 17.7. The Balaban J connectivity index is 2.06. The van der Waals surface area contributed by atoms with Gasteiger partial charge in [-0.2, -0.15) is 0 Å². The number of hydrogen-bond donors (Lipinski definition) is 0. The molecule has 1 amide bonds. The van der Waals surface area contributed by atoms with Crippen LogP contribution in [0, 0.1) is 0 Å². The number of ether oxygens (including phenoxy) is 1. The fourth-order valence-electron chi connectivity index (χ4n) is 3.24. The van der Waals surface area contributed by atoms with Gasteiger partial charge in [-0.25, -0.2) is 0 Å². The molecule has 1 aliphatic heterocycles. The molecule has 26 heavy (non-hydrogen) atoms. The van der Waals surface area contributed by atoms with Gasteiger partial charge in [-0.15, -0.1) is 6.58 Å². The highest BCUT2D eigenvalue weighted by molar-refractivity contribution is 6.09. The van der Waals surface area contributed by atoms with Gasteiger partial charge in [-0.3, -0.25) is 14.5 Å². The van der Waals surface area contributed by atoms with E-state index in [9.17, 15) is 9.59 Å². The second kappa shape index (κ2) is 8.30. The summed E-state index contributed by atoms with van der Waals surface area (Å²) in [5.41, 5.74) is 3.36. The average Bonchev–Trinajstić information content (AvgIpc) is 2.96. The molecule has 2 aromatic carbocycles. The predicted molar refractivity (Wildman–Crippen MR) is 101 cm³/mol. The lowest BCUT2D eigenvalue weighted by Gasteiger charge is -2.29. The van der Waals surface area contributed by atoms with Gasteiger partial charge >= 0.3 is 0 Å². The van der Waals surface area contributed by atoms with Crippen LogP contribution in [0.3, 0.4) is 0 Å². The number of amides is 1. The van der Waals surface area contributed by atoms with E-state index in [1.165, 1.54) is 0 Å². The van der Waals surface area contributed by atoms with E-state index in [1.54, 1.807) is 4.90 Å². The summed E-state index contributed by atoms with van der Waals surface area (Å²) in [7, 11) is 0. The van der Waals surface area contributed by atoms with Gasteiger partial charge in [-0.05, 0) is 24.5 Å². The molecule has 0 spiro atoms. The molecule has 0 bridgehead atoms. The molecule has 4 nitrogen and oxygen atoms in total. The minimum atomic E-state index is -0.378.